The lowest BCUT2D eigenvalue weighted by Crippen LogP contribution is -2.41. The van der Waals surface area contributed by atoms with Crippen LogP contribution >= 0.6 is 0 Å². The largest absolute Gasteiger partial charge is 0.381 e. The minimum absolute atomic E-state index is 0.0794. The summed E-state index contributed by atoms with van der Waals surface area (Å²) in [5.74, 6) is 2.04. The number of aromatic nitrogens is 2. The lowest BCUT2D eigenvalue weighted by molar-refractivity contribution is -0.131. The summed E-state index contributed by atoms with van der Waals surface area (Å²) < 4.78 is 10.6. The predicted octanol–water partition coefficient (Wildman–Crippen LogP) is 1.48. The Morgan fingerprint density at radius 1 is 1.33 bits per heavy atom. The molecule has 24 heavy (non-hydrogen) atoms. The van der Waals surface area contributed by atoms with Crippen molar-refractivity contribution in [1.82, 2.24) is 19.9 Å². The molecule has 0 radical (unpaired) electrons. The van der Waals surface area contributed by atoms with E-state index in [-0.39, 0.29) is 11.9 Å². The number of amides is 1. The molecule has 1 atom stereocenters. The smallest absolute Gasteiger partial charge is 0.226 e. The number of carbonyl (C=O) groups excluding carboxylic acids is 1. The van der Waals surface area contributed by atoms with E-state index in [1.54, 1.807) is 6.92 Å². The molecule has 1 amide bonds. The monoisotopic (exact) mass is 336 g/mol. The maximum absolute atomic E-state index is 12.1. The molecule has 1 aromatic heterocycles. The molecule has 7 heteroatoms. The van der Waals surface area contributed by atoms with Gasteiger partial charge in [-0.3, -0.25) is 4.79 Å². The first kappa shape index (κ1) is 17.4. The highest BCUT2D eigenvalue weighted by Crippen LogP contribution is 2.22. The fourth-order valence-electron chi connectivity index (χ4n) is 3.67. The van der Waals surface area contributed by atoms with E-state index in [0.717, 1.165) is 64.4 Å². The number of hydrogen-bond donors (Lipinski definition) is 0. The van der Waals surface area contributed by atoms with Gasteiger partial charge in [0.05, 0.1) is 6.54 Å². The minimum Gasteiger partial charge on any atom is -0.381 e. The summed E-state index contributed by atoms with van der Waals surface area (Å²) in [6.45, 7) is 8.93. The first-order valence-electron chi connectivity index (χ1n) is 9.04. The zero-order chi connectivity index (χ0) is 16.9. The predicted molar refractivity (Wildman–Crippen MR) is 88.3 cm³/mol. The highest BCUT2D eigenvalue weighted by molar-refractivity contribution is 5.73. The molecule has 1 aromatic rings. The number of hydrogen-bond acceptors (Lipinski definition) is 6. The average Bonchev–Trinajstić information content (AvgIpc) is 3.22. The van der Waals surface area contributed by atoms with Gasteiger partial charge in [-0.05, 0) is 25.2 Å². The van der Waals surface area contributed by atoms with Crippen LogP contribution in [-0.4, -0.2) is 64.7 Å². The van der Waals surface area contributed by atoms with Crippen LogP contribution in [0.15, 0.2) is 4.52 Å². The molecular weight excluding hydrogens is 308 g/mol. The van der Waals surface area contributed by atoms with E-state index in [4.69, 9.17) is 9.26 Å². The van der Waals surface area contributed by atoms with Gasteiger partial charge < -0.3 is 19.1 Å². The Labute approximate surface area is 143 Å². The van der Waals surface area contributed by atoms with E-state index in [9.17, 15) is 4.79 Å². The third-order valence-electron chi connectivity index (χ3n) is 5.07. The second-order valence-electron chi connectivity index (χ2n) is 6.86. The highest BCUT2D eigenvalue weighted by Gasteiger charge is 2.31. The molecular formula is C17H28N4O3. The molecule has 7 nitrogen and oxygen atoms in total. The first-order chi connectivity index (χ1) is 11.7. The van der Waals surface area contributed by atoms with Crippen molar-refractivity contribution in [1.29, 1.82) is 0 Å². The summed E-state index contributed by atoms with van der Waals surface area (Å²) in [5, 5.41) is 3.99. The lowest BCUT2D eigenvalue weighted by atomic mass is 10.00. The van der Waals surface area contributed by atoms with Crippen molar-refractivity contribution in [2.24, 2.45) is 5.92 Å². The standard InChI is InChI=1S/C17H28N4O3/c1-3-17-18-16(19-24-17)12-21(13(2)22)15-4-7-20(11-15)10-14-5-8-23-9-6-14/h14-15H,3-12H2,1-2H3. The molecule has 0 N–H and O–H groups in total. The van der Waals surface area contributed by atoms with Gasteiger partial charge in [-0.1, -0.05) is 12.1 Å². The van der Waals surface area contributed by atoms with Gasteiger partial charge in [-0.2, -0.15) is 4.98 Å². The van der Waals surface area contributed by atoms with Gasteiger partial charge in [-0.15, -0.1) is 0 Å². The summed E-state index contributed by atoms with van der Waals surface area (Å²) in [5.41, 5.74) is 0. The number of nitrogens with zero attached hydrogens (tertiary/aromatic N) is 4. The van der Waals surface area contributed by atoms with Gasteiger partial charge in [0.15, 0.2) is 5.82 Å². The van der Waals surface area contributed by atoms with E-state index in [0.29, 0.717) is 18.3 Å². The number of rotatable bonds is 6. The fourth-order valence-corrected chi connectivity index (χ4v) is 3.67. The van der Waals surface area contributed by atoms with Crippen molar-refractivity contribution in [3.8, 4) is 0 Å². The third-order valence-corrected chi connectivity index (χ3v) is 5.07. The maximum atomic E-state index is 12.1. The molecule has 134 valence electrons. The summed E-state index contributed by atoms with van der Waals surface area (Å²) in [4.78, 5) is 20.8. The van der Waals surface area contributed by atoms with Crippen molar-refractivity contribution in [2.75, 3.05) is 32.8 Å². The van der Waals surface area contributed by atoms with E-state index in [1.807, 2.05) is 11.8 Å². The summed E-state index contributed by atoms with van der Waals surface area (Å²) in [6.07, 6.45) is 4.04. The van der Waals surface area contributed by atoms with Crippen molar-refractivity contribution >= 4 is 5.91 Å². The van der Waals surface area contributed by atoms with Crippen molar-refractivity contribution in [3.63, 3.8) is 0 Å². The molecule has 3 heterocycles. The molecule has 0 bridgehead atoms. The van der Waals surface area contributed by atoms with Crippen LogP contribution < -0.4 is 0 Å². The molecule has 2 aliphatic heterocycles. The van der Waals surface area contributed by atoms with Crippen molar-refractivity contribution in [2.45, 2.75) is 52.1 Å². The second-order valence-corrected chi connectivity index (χ2v) is 6.86. The molecule has 0 spiro atoms. The summed E-state index contributed by atoms with van der Waals surface area (Å²) >= 11 is 0. The number of likely N-dealkylation sites (tertiary alicyclic amines) is 1. The molecule has 2 aliphatic rings. The normalized spacial score (nSPS) is 22.8. The first-order valence-corrected chi connectivity index (χ1v) is 9.04. The zero-order valence-electron chi connectivity index (χ0n) is 14.7. The van der Waals surface area contributed by atoms with Crippen LogP contribution in [0.4, 0.5) is 0 Å². The SMILES string of the molecule is CCc1nc(CN(C(C)=O)C2CCN(CC3CCOCC3)C2)no1. The van der Waals surface area contributed by atoms with E-state index >= 15 is 0 Å². The van der Waals surface area contributed by atoms with Crippen LogP contribution in [0.25, 0.3) is 0 Å². The molecule has 0 aromatic carbocycles. The Hall–Kier alpha value is -1.47. The maximum Gasteiger partial charge on any atom is 0.226 e. The van der Waals surface area contributed by atoms with E-state index in [1.165, 1.54) is 0 Å². The zero-order valence-corrected chi connectivity index (χ0v) is 14.7. The molecule has 2 fully saturated rings. The van der Waals surface area contributed by atoms with Crippen molar-refractivity contribution in [3.05, 3.63) is 11.7 Å². The van der Waals surface area contributed by atoms with E-state index < -0.39 is 0 Å². The average molecular weight is 336 g/mol. The van der Waals surface area contributed by atoms with Gasteiger partial charge in [0.25, 0.3) is 0 Å². The van der Waals surface area contributed by atoms with E-state index in [2.05, 4.69) is 15.0 Å². The van der Waals surface area contributed by atoms with Crippen LogP contribution in [0.3, 0.4) is 0 Å². The van der Waals surface area contributed by atoms with Gasteiger partial charge in [0.1, 0.15) is 0 Å². The van der Waals surface area contributed by atoms with Crippen LogP contribution in [0.5, 0.6) is 0 Å². The highest BCUT2D eigenvalue weighted by atomic mass is 16.5. The molecule has 2 saturated heterocycles. The second kappa shape index (κ2) is 8.07. The molecule has 1 unspecified atom stereocenters. The number of aryl methyl sites for hydroxylation is 1. The Morgan fingerprint density at radius 2 is 2.12 bits per heavy atom. The molecule has 0 saturated carbocycles. The molecule has 3 rings (SSSR count). The Balaban J connectivity index is 1.55. The van der Waals surface area contributed by atoms with Crippen LogP contribution in [0, 0.1) is 5.92 Å². The summed E-state index contributed by atoms with van der Waals surface area (Å²) in [7, 11) is 0. The minimum atomic E-state index is 0.0794. The third kappa shape index (κ3) is 4.33. The Morgan fingerprint density at radius 3 is 2.79 bits per heavy atom. The van der Waals surface area contributed by atoms with Crippen molar-refractivity contribution < 1.29 is 14.1 Å². The lowest BCUT2D eigenvalue weighted by Gasteiger charge is -2.29. The van der Waals surface area contributed by atoms with Gasteiger partial charge in [-0.25, -0.2) is 0 Å². The summed E-state index contributed by atoms with van der Waals surface area (Å²) in [6, 6.07) is 0.242. The Bertz CT molecular complexity index is 542. The van der Waals surface area contributed by atoms with Crippen LogP contribution in [-0.2, 0) is 22.5 Å². The topological polar surface area (TPSA) is 71.7 Å². The van der Waals surface area contributed by atoms with Gasteiger partial charge >= 0.3 is 0 Å². The van der Waals surface area contributed by atoms with Gasteiger partial charge in [0, 0.05) is 52.2 Å². The number of ether oxygens (including phenoxy) is 1. The van der Waals surface area contributed by atoms with Crippen LogP contribution in [0.2, 0.25) is 0 Å². The fraction of sp³-hybridized carbons (Fsp3) is 0.824. The number of carbonyl (C=O) groups is 1. The Kier molecular flexibility index (Phi) is 5.84. The quantitative estimate of drug-likeness (QED) is 0.784. The molecule has 0 aliphatic carbocycles. The van der Waals surface area contributed by atoms with Crippen LogP contribution in [0.1, 0.15) is 44.8 Å². The van der Waals surface area contributed by atoms with Gasteiger partial charge in [0.2, 0.25) is 11.8 Å².